The van der Waals surface area contributed by atoms with Crippen molar-refractivity contribution in [3.8, 4) is 0 Å². The van der Waals surface area contributed by atoms with Crippen LogP contribution in [0.15, 0.2) is 0 Å². The van der Waals surface area contributed by atoms with Crippen LogP contribution in [0.25, 0.3) is 0 Å². The van der Waals surface area contributed by atoms with Crippen LogP contribution in [-0.2, 0) is 9.47 Å². The Kier molecular flexibility index (Phi) is 156. The van der Waals surface area contributed by atoms with Gasteiger partial charge >= 0.3 is 12.4 Å². The predicted molar refractivity (Wildman–Crippen MR) is 515 cm³/mol. The van der Waals surface area contributed by atoms with Gasteiger partial charge in [-0.15, -0.1) is 0 Å². The molecule has 0 rings (SSSR count). The lowest BCUT2D eigenvalue weighted by Crippen LogP contribution is -2.35. The van der Waals surface area contributed by atoms with E-state index in [0.717, 1.165) is 186 Å². The Balaban J connectivity index is -0.0000000845. The Hall–Kier alpha value is -1.54. The summed E-state index contributed by atoms with van der Waals surface area (Å²) in [5.74, 6) is 1.21. The largest absolute Gasteiger partial charge is 0.396 e. The number of alkyl halides is 6. The molecule has 0 amide bonds. The van der Waals surface area contributed by atoms with Gasteiger partial charge in [0.15, 0.2) is 0 Å². The standard InChI is InChI=1S/2C9H20O2.2C8H15F3O2.C8H18O2.3C7H16O2.C6H14O3.2C6H14O2.C5H12O.C4H10O.C3H8O2.C3H8O/c2*1-3-5-9(7-10,8-11)6-4-2;2*1-2-3-7(5-12,6-13)4-8(9,10)11;1-2-3-8(4-6-9)5-7-10;2*1-3-4-7(2,5-8)6-9;1-2-3-4-7(5-8)6-9;1-9-3-2-6(4-7)5-8;1-6(2-4-7)3-5-8;1-2-3-6(4-7)5-8;1-2-3-4-5-6;1-2-3-4-5;1-5-3-2-4;1-2-3-4/h2*10-11H,3-8H2,1-2H3;2*12-13H,2-6H2,1H3;8-10H,2-7H2,1H3;2*8-9H,3-6H2,1-2H3;7-9H,2-6H2,1H3;6-8H,2-5H2,1H3;2*6-8H,2-5H2,1H3;6H,2-5H2,1H3;5H,2-4H2,1H3;4H,2-3H2,1H3;4H,2-3H2,1H3. The smallest absolute Gasteiger partial charge is 0.389 e. The molecule has 0 fully saturated rings. The fourth-order valence-corrected chi connectivity index (χ4v) is 11.8. The molecule has 810 valence electrons. The molecule has 0 aromatic heterocycles. The highest BCUT2D eigenvalue weighted by Gasteiger charge is 2.42. The van der Waals surface area contributed by atoms with Gasteiger partial charge in [-0.3, -0.25) is 0 Å². The third-order valence-electron chi connectivity index (χ3n) is 20.5. The van der Waals surface area contributed by atoms with Crippen LogP contribution >= 0.6 is 0 Å². The Labute approximate surface area is 787 Å². The fourth-order valence-electron chi connectivity index (χ4n) is 11.8. The van der Waals surface area contributed by atoms with Crippen molar-refractivity contribution >= 4 is 0 Å². The first-order valence-electron chi connectivity index (χ1n) is 48.4. The lowest BCUT2D eigenvalue weighted by molar-refractivity contribution is -0.172. The van der Waals surface area contributed by atoms with E-state index in [0.29, 0.717) is 57.7 Å². The van der Waals surface area contributed by atoms with Gasteiger partial charge in [0.2, 0.25) is 0 Å². The molecule has 0 aliphatic heterocycles. The first kappa shape index (κ1) is 162. The van der Waals surface area contributed by atoms with E-state index in [9.17, 15) is 26.3 Å². The fraction of sp³-hybridized carbons (Fsp3) is 1.00. The molecule has 0 aliphatic carbocycles. The third kappa shape index (κ3) is 129. The number of hydrogen-bond acceptors (Lipinski definition) is 28. The van der Waals surface area contributed by atoms with E-state index in [1.807, 2.05) is 48.5 Å². The zero-order valence-corrected chi connectivity index (χ0v) is 85.9. The summed E-state index contributed by atoms with van der Waals surface area (Å²) < 4.78 is 81.3. The molecular weight excluding hydrogens is 1720 g/mol. The van der Waals surface area contributed by atoms with Crippen LogP contribution < -0.4 is 0 Å². The summed E-state index contributed by atoms with van der Waals surface area (Å²) in [5.41, 5.74) is -3.71. The van der Waals surface area contributed by atoms with E-state index in [-0.39, 0.29) is 178 Å². The van der Waals surface area contributed by atoms with Crippen LogP contribution in [0.2, 0.25) is 0 Å². The highest BCUT2D eigenvalue weighted by molar-refractivity contribution is 4.82. The SMILES string of the molecule is CC(CCO)CCO.CCCC(C)(CO)CO.CCCC(C)(CO)CO.CCCC(CCO)CCO.CCCC(CO)(CO)CC(F)(F)F.CCCC(CO)(CO)CC(F)(F)F.CCCC(CO)(CO)CCC.CCCC(CO)(CO)CCC.CCCC(CO)CO.CCCCC(CO)CO.CCCCCO.CCCCO.CCCO.COCCC(CO)CO.COCCO. The minimum atomic E-state index is -4.33. The molecule has 0 aromatic rings. The molecule has 0 aromatic carbocycles. The summed E-state index contributed by atoms with van der Waals surface area (Å²) >= 11 is 0. The zero-order valence-electron chi connectivity index (χ0n) is 85.9. The summed E-state index contributed by atoms with van der Waals surface area (Å²) in [6, 6.07) is 0. The van der Waals surface area contributed by atoms with Crippen molar-refractivity contribution in [2.45, 2.75) is 361 Å². The Morgan fingerprint density at radius 2 is 0.462 bits per heavy atom. The summed E-state index contributed by atoms with van der Waals surface area (Å²) in [6.07, 6.45) is 19.8. The molecule has 0 unspecified atom stereocenters. The summed E-state index contributed by atoms with van der Waals surface area (Å²) in [5, 5.41) is 224. The number of hydrogen-bond donors (Lipinski definition) is 26. The van der Waals surface area contributed by atoms with Gasteiger partial charge in [0.1, 0.15) is 0 Å². The number of aliphatic hydroxyl groups is 26. The van der Waals surface area contributed by atoms with Crippen LogP contribution in [-0.4, -0.2) is 344 Å². The van der Waals surface area contributed by atoms with Gasteiger partial charge in [0.25, 0.3) is 0 Å². The van der Waals surface area contributed by atoms with E-state index >= 15 is 0 Å². The Morgan fingerprint density at radius 1 is 0.215 bits per heavy atom. The number of ether oxygens (including phenoxy) is 2. The first-order valence-corrected chi connectivity index (χ1v) is 48.4. The Bertz CT molecular complexity index is 1730. The first-order chi connectivity index (χ1) is 61.5. The van der Waals surface area contributed by atoms with Gasteiger partial charge in [0, 0.05) is 157 Å². The van der Waals surface area contributed by atoms with Crippen LogP contribution in [0, 0.1) is 62.1 Å². The topological polar surface area (TPSA) is 544 Å². The van der Waals surface area contributed by atoms with Gasteiger partial charge < -0.3 is 142 Å². The van der Waals surface area contributed by atoms with Crippen molar-refractivity contribution in [3.05, 3.63) is 0 Å². The molecule has 0 atom stereocenters. The number of rotatable bonds is 62. The number of aliphatic hydroxyl groups excluding tert-OH is 26. The molecule has 0 radical (unpaired) electrons. The maximum atomic E-state index is 12.0. The molecule has 26 N–H and O–H groups in total. The van der Waals surface area contributed by atoms with E-state index in [4.69, 9.17) is 138 Å². The van der Waals surface area contributed by atoms with E-state index < -0.39 is 62.5 Å². The second-order valence-corrected chi connectivity index (χ2v) is 34.3. The van der Waals surface area contributed by atoms with Crippen LogP contribution in [0.1, 0.15) is 349 Å². The molecule has 34 heteroatoms. The molecule has 0 heterocycles. The van der Waals surface area contributed by atoms with Gasteiger partial charge in [-0.05, 0) is 127 Å². The van der Waals surface area contributed by atoms with Gasteiger partial charge in [-0.2, -0.15) is 26.3 Å². The maximum Gasteiger partial charge on any atom is 0.389 e. The van der Waals surface area contributed by atoms with Gasteiger partial charge in [0.05, 0.1) is 105 Å². The summed E-state index contributed by atoms with van der Waals surface area (Å²) in [4.78, 5) is 0. The second-order valence-electron chi connectivity index (χ2n) is 34.3. The minimum absolute atomic E-state index is 0.00931. The van der Waals surface area contributed by atoms with Crippen molar-refractivity contribution in [1.82, 2.24) is 0 Å². The van der Waals surface area contributed by atoms with Crippen LogP contribution in [0.5, 0.6) is 0 Å². The van der Waals surface area contributed by atoms with Crippen LogP contribution in [0.3, 0.4) is 0 Å². The third-order valence-corrected chi connectivity index (χ3v) is 20.5. The van der Waals surface area contributed by atoms with E-state index in [1.165, 1.54) is 6.42 Å². The lowest BCUT2D eigenvalue weighted by Gasteiger charge is -2.30. The molecule has 0 spiro atoms. The monoisotopic (exact) mass is 1930 g/mol. The normalized spacial score (nSPS) is 11.3. The average molecular weight is 1930 g/mol. The van der Waals surface area contributed by atoms with E-state index in [2.05, 4.69) is 60.1 Å². The predicted octanol–water partition coefficient (Wildman–Crippen LogP) is 12.4. The molecule has 0 saturated heterocycles. The van der Waals surface area contributed by atoms with Crippen molar-refractivity contribution < 1.29 is 169 Å². The maximum absolute atomic E-state index is 12.0. The van der Waals surface area contributed by atoms with Crippen molar-refractivity contribution in [2.24, 2.45) is 62.1 Å². The average Bonchev–Trinajstić information content (AvgIpc) is 0.855. The number of methoxy groups -OCH3 is 2. The van der Waals surface area contributed by atoms with Crippen molar-refractivity contribution in [1.29, 1.82) is 0 Å². The zero-order chi connectivity index (χ0) is 105. The molecular formula is C96H216F6O28. The summed E-state index contributed by atoms with van der Waals surface area (Å²) in [7, 11) is 3.15. The Morgan fingerprint density at radius 3 is 0.608 bits per heavy atom. The van der Waals surface area contributed by atoms with Crippen molar-refractivity contribution in [2.75, 3.05) is 199 Å². The quantitative estimate of drug-likeness (QED) is 0.0199. The van der Waals surface area contributed by atoms with Gasteiger partial charge in [-0.25, -0.2) is 0 Å². The second kappa shape index (κ2) is 125. The molecule has 130 heavy (non-hydrogen) atoms. The molecule has 0 saturated carbocycles. The number of unbranched alkanes of at least 4 members (excludes halogenated alkanes) is 4. The number of halogens is 6. The molecule has 28 nitrogen and oxygen atoms in total. The highest BCUT2D eigenvalue weighted by Crippen LogP contribution is 2.38. The highest BCUT2D eigenvalue weighted by atomic mass is 19.4. The van der Waals surface area contributed by atoms with Gasteiger partial charge in [-0.1, -0.05) is 220 Å². The molecule has 0 aliphatic rings. The van der Waals surface area contributed by atoms with E-state index in [1.54, 1.807) is 28.1 Å². The van der Waals surface area contributed by atoms with Crippen LogP contribution in [0.4, 0.5) is 26.3 Å². The lowest BCUT2D eigenvalue weighted by atomic mass is 9.81. The van der Waals surface area contributed by atoms with Crippen molar-refractivity contribution in [3.63, 3.8) is 0 Å². The molecule has 0 bridgehead atoms. The minimum Gasteiger partial charge on any atom is -0.396 e. The summed E-state index contributed by atoms with van der Waals surface area (Å²) in [6.45, 7) is 36.0.